The average molecular weight is 233 g/mol. The van der Waals surface area contributed by atoms with Crippen LogP contribution in [-0.2, 0) is 6.54 Å². The van der Waals surface area contributed by atoms with E-state index in [1.165, 1.54) is 0 Å². The number of aromatic nitrogens is 1. The van der Waals surface area contributed by atoms with Crippen molar-refractivity contribution in [2.45, 2.75) is 25.3 Å². The van der Waals surface area contributed by atoms with Gasteiger partial charge in [0.05, 0.1) is 10.4 Å². The van der Waals surface area contributed by atoms with Gasteiger partial charge < -0.3 is 4.57 Å². The molecule has 0 fully saturated rings. The maximum Gasteiger partial charge on any atom is 0.202 e. The number of thioether (sulfide) groups is 1. The van der Waals surface area contributed by atoms with Crippen molar-refractivity contribution in [1.82, 2.24) is 4.57 Å². The third kappa shape index (κ3) is 1.87. The molecular weight excluding hydrogens is 218 g/mol. The van der Waals surface area contributed by atoms with Gasteiger partial charge in [0, 0.05) is 18.1 Å². The van der Waals surface area contributed by atoms with E-state index < -0.39 is 0 Å². The Hall–Kier alpha value is -1.22. The summed E-state index contributed by atoms with van der Waals surface area (Å²) in [7, 11) is 0. The first-order chi connectivity index (χ1) is 7.77. The first-order valence-electron chi connectivity index (χ1n) is 5.53. The number of hydrogen-bond acceptors (Lipinski definition) is 2. The highest BCUT2D eigenvalue weighted by Gasteiger charge is 2.07. The monoisotopic (exact) mass is 233 g/mol. The van der Waals surface area contributed by atoms with Crippen molar-refractivity contribution in [3.8, 4) is 0 Å². The third-order valence-electron chi connectivity index (χ3n) is 2.60. The molecule has 1 heterocycles. The number of benzene rings is 1. The highest BCUT2D eigenvalue weighted by Crippen LogP contribution is 2.18. The van der Waals surface area contributed by atoms with Gasteiger partial charge in [-0.3, -0.25) is 4.79 Å². The molecule has 0 radical (unpaired) electrons. The van der Waals surface area contributed by atoms with Crippen molar-refractivity contribution in [3.63, 3.8) is 0 Å². The van der Waals surface area contributed by atoms with Gasteiger partial charge in [0.25, 0.3) is 0 Å². The molecule has 1 aromatic heterocycles. The molecule has 0 bridgehead atoms. The number of rotatable bonds is 3. The standard InChI is InChI=1S/C13H15NOS/c1-3-14-9-12(16-4-2)13(15)10-7-5-6-8-11(10)14/h5-9H,3-4H2,1-2H3. The van der Waals surface area contributed by atoms with E-state index in [1.807, 2.05) is 30.5 Å². The molecular formula is C13H15NOS. The summed E-state index contributed by atoms with van der Waals surface area (Å²) in [6, 6.07) is 7.80. The first kappa shape index (κ1) is 11.3. The van der Waals surface area contributed by atoms with Crippen LogP contribution < -0.4 is 5.43 Å². The summed E-state index contributed by atoms with van der Waals surface area (Å²) >= 11 is 1.61. The highest BCUT2D eigenvalue weighted by molar-refractivity contribution is 7.99. The van der Waals surface area contributed by atoms with E-state index in [2.05, 4.69) is 18.4 Å². The second-order valence-corrected chi connectivity index (χ2v) is 4.86. The molecule has 1 aromatic carbocycles. The normalized spacial score (nSPS) is 10.9. The maximum atomic E-state index is 12.2. The molecule has 0 aliphatic carbocycles. The quantitative estimate of drug-likeness (QED) is 0.760. The van der Waals surface area contributed by atoms with E-state index >= 15 is 0 Å². The number of aryl methyl sites for hydroxylation is 1. The van der Waals surface area contributed by atoms with Gasteiger partial charge >= 0.3 is 0 Å². The summed E-state index contributed by atoms with van der Waals surface area (Å²) in [5, 5.41) is 0.822. The van der Waals surface area contributed by atoms with Crippen molar-refractivity contribution in [1.29, 1.82) is 0 Å². The van der Waals surface area contributed by atoms with Gasteiger partial charge in [-0.2, -0.15) is 0 Å². The molecule has 0 saturated carbocycles. The SMILES string of the molecule is CCSc1cn(CC)c2ccccc2c1=O. The van der Waals surface area contributed by atoms with E-state index in [0.29, 0.717) is 0 Å². The smallest absolute Gasteiger partial charge is 0.202 e. The van der Waals surface area contributed by atoms with Gasteiger partial charge in [-0.15, -0.1) is 11.8 Å². The topological polar surface area (TPSA) is 22.0 Å². The Balaban J connectivity index is 2.78. The summed E-state index contributed by atoms with van der Waals surface area (Å²) < 4.78 is 2.13. The van der Waals surface area contributed by atoms with E-state index in [0.717, 1.165) is 28.1 Å². The summed E-state index contributed by atoms with van der Waals surface area (Å²) in [5.41, 5.74) is 1.18. The molecule has 2 nitrogen and oxygen atoms in total. The molecule has 0 N–H and O–H groups in total. The fourth-order valence-electron chi connectivity index (χ4n) is 1.84. The van der Waals surface area contributed by atoms with E-state index in [9.17, 15) is 4.79 Å². The number of fused-ring (bicyclic) bond motifs is 1. The number of para-hydroxylation sites is 1. The zero-order valence-corrected chi connectivity index (χ0v) is 10.4. The molecule has 0 spiro atoms. The Morgan fingerprint density at radius 1 is 1.25 bits per heavy atom. The van der Waals surface area contributed by atoms with E-state index in [-0.39, 0.29) is 5.43 Å². The van der Waals surface area contributed by atoms with Crippen molar-refractivity contribution in [2.24, 2.45) is 0 Å². The minimum Gasteiger partial charge on any atom is -0.346 e. The fourth-order valence-corrected chi connectivity index (χ4v) is 2.59. The molecule has 0 aliphatic rings. The van der Waals surface area contributed by atoms with Crippen molar-refractivity contribution >= 4 is 22.7 Å². The zero-order chi connectivity index (χ0) is 11.5. The molecule has 84 valence electrons. The van der Waals surface area contributed by atoms with Gasteiger partial charge in [0.1, 0.15) is 0 Å². The van der Waals surface area contributed by atoms with Crippen LogP contribution in [0.5, 0.6) is 0 Å². The second-order valence-electron chi connectivity index (χ2n) is 3.56. The predicted molar refractivity (Wildman–Crippen MR) is 70.3 cm³/mol. The van der Waals surface area contributed by atoms with Gasteiger partial charge in [0.15, 0.2) is 0 Å². The molecule has 0 saturated heterocycles. The molecule has 2 rings (SSSR count). The number of hydrogen-bond donors (Lipinski definition) is 0. The molecule has 0 unspecified atom stereocenters. The fraction of sp³-hybridized carbons (Fsp3) is 0.308. The number of pyridine rings is 1. The van der Waals surface area contributed by atoms with Crippen molar-refractivity contribution < 1.29 is 0 Å². The van der Waals surface area contributed by atoms with Crippen molar-refractivity contribution in [3.05, 3.63) is 40.7 Å². The van der Waals surface area contributed by atoms with Crippen LogP contribution in [0, 0.1) is 0 Å². The summed E-state index contributed by atoms with van der Waals surface area (Å²) in [6.07, 6.45) is 1.97. The lowest BCUT2D eigenvalue weighted by Crippen LogP contribution is -2.10. The lowest BCUT2D eigenvalue weighted by molar-refractivity contribution is 0.775. The minimum absolute atomic E-state index is 0.159. The van der Waals surface area contributed by atoms with Crippen LogP contribution in [0.15, 0.2) is 40.2 Å². The molecule has 0 aliphatic heterocycles. The second kappa shape index (κ2) is 4.74. The van der Waals surface area contributed by atoms with Gasteiger partial charge in [0.2, 0.25) is 5.43 Å². The van der Waals surface area contributed by atoms with E-state index in [1.54, 1.807) is 11.8 Å². The Labute approximate surface area is 99.3 Å². The molecule has 2 aromatic rings. The Bertz CT molecular complexity index is 559. The molecule has 0 amide bonds. The lowest BCUT2D eigenvalue weighted by Gasteiger charge is -2.10. The Morgan fingerprint density at radius 2 is 2.00 bits per heavy atom. The van der Waals surface area contributed by atoms with Gasteiger partial charge in [-0.1, -0.05) is 19.1 Å². The van der Waals surface area contributed by atoms with Gasteiger partial charge in [-0.05, 0) is 24.8 Å². The average Bonchev–Trinajstić information content (AvgIpc) is 2.33. The first-order valence-corrected chi connectivity index (χ1v) is 6.51. The van der Waals surface area contributed by atoms with Crippen molar-refractivity contribution in [2.75, 3.05) is 5.75 Å². The molecule has 0 atom stereocenters. The predicted octanol–water partition coefficient (Wildman–Crippen LogP) is 3.13. The van der Waals surface area contributed by atoms with Crippen LogP contribution in [0.2, 0.25) is 0 Å². The molecule has 3 heteroatoms. The van der Waals surface area contributed by atoms with E-state index in [4.69, 9.17) is 0 Å². The summed E-state index contributed by atoms with van der Waals surface area (Å²) in [5.74, 6) is 0.928. The van der Waals surface area contributed by atoms with Crippen LogP contribution in [-0.4, -0.2) is 10.3 Å². The number of nitrogens with zero attached hydrogens (tertiary/aromatic N) is 1. The van der Waals surface area contributed by atoms with Crippen LogP contribution >= 0.6 is 11.8 Å². The van der Waals surface area contributed by atoms with Crippen LogP contribution in [0.1, 0.15) is 13.8 Å². The highest BCUT2D eigenvalue weighted by atomic mass is 32.2. The largest absolute Gasteiger partial charge is 0.346 e. The lowest BCUT2D eigenvalue weighted by atomic mass is 10.2. The minimum atomic E-state index is 0.159. The van der Waals surface area contributed by atoms with Crippen LogP contribution in [0.4, 0.5) is 0 Å². The van der Waals surface area contributed by atoms with Crippen LogP contribution in [0.3, 0.4) is 0 Å². The molecule has 16 heavy (non-hydrogen) atoms. The summed E-state index contributed by atoms with van der Waals surface area (Å²) in [4.78, 5) is 13.0. The zero-order valence-electron chi connectivity index (χ0n) is 9.56. The Kier molecular flexibility index (Phi) is 3.34. The van der Waals surface area contributed by atoms with Crippen LogP contribution in [0.25, 0.3) is 10.9 Å². The summed E-state index contributed by atoms with van der Waals surface area (Å²) in [6.45, 7) is 5.05. The maximum absolute atomic E-state index is 12.2. The van der Waals surface area contributed by atoms with Gasteiger partial charge in [-0.25, -0.2) is 0 Å². The third-order valence-corrected chi connectivity index (χ3v) is 3.49. The Morgan fingerprint density at radius 3 is 2.69 bits per heavy atom.